The van der Waals surface area contributed by atoms with E-state index in [1.807, 2.05) is 0 Å². The second-order valence-corrected chi connectivity index (χ2v) is 9.19. The maximum absolute atomic E-state index is 12.8. The van der Waals surface area contributed by atoms with Gasteiger partial charge in [0.05, 0.1) is 12.1 Å². The summed E-state index contributed by atoms with van der Waals surface area (Å²) in [6, 6.07) is 4.17. The van der Waals surface area contributed by atoms with Crippen molar-refractivity contribution in [3.63, 3.8) is 0 Å². The molecule has 11 heteroatoms. The zero-order valence-electron chi connectivity index (χ0n) is 21.5. The molecule has 1 heterocycles. The van der Waals surface area contributed by atoms with Gasteiger partial charge in [-0.3, -0.25) is 19.3 Å². The number of fused-ring (bicyclic) bond motifs is 1. The molecule has 0 aliphatic carbocycles. The van der Waals surface area contributed by atoms with E-state index >= 15 is 0 Å². The molecule has 1 aromatic heterocycles. The number of aryl methyl sites for hydroxylation is 1. The molecule has 37 heavy (non-hydrogen) atoms. The molecule has 5 N–H and O–H groups in total. The third-order valence-corrected chi connectivity index (χ3v) is 5.89. The van der Waals surface area contributed by atoms with Crippen molar-refractivity contribution in [2.24, 2.45) is 5.73 Å². The first-order valence-corrected chi connectivity index (χ1v) is 12.4. The number of primary amides is 1. The van der Waals surface area contributed by atoms with Crippen molar-refractivity contribution < 1.29 is 28.7 Å². The van der Waals surface area contributed by atoms with Gasteiger partial charge in [-0.2, -0.15) is 0 Å². The van der Waals surface area contributed by atoms with E-state index in [9.17, 15) is 29.1 Å². The summed E-state index contributed by atoms with van der Waals surface area (Å²) in [6.07, 6.45) is 3.34. The highest BCUT2D eigenvalue weighted by atomic mass is 16.4. The summed E-state index contributed by atoms with van der Waals surface area (Å²) >= 11 is 0. The molecular weight excluding hydrogens is 480 g/mol. The van der Waals surface area contributed by atoms with Crippen molar-refractivity contribution in [2.75, 3.05) is 11.4 Å². The molecule has 0 fully saturated rings. The molecule has 0 unspecified atom stereocenters. The van der Waals surface area contributed by atoms with Crippen LogP contribution in [0.3, 0.4) is 0 Å². The van der Waals surface area contributed by atoms with E-state index in [1.54, 1.807) is 26.0 Å². The van der Waals surface area contributed by atoms with Gasteiger partial charge in [0.25, 0.3) is 0 Å². The number of nitrogens with two attached hydrogens (primary N) is 1. The monoisotopic (exact) mass is 516 g/mol. The smallest absolute Gasteiger partial charge is 0.411 e. The number of nitrogens with one attached hydrogen (secondary N) is 2. The van der Waals surface area contributed by atoms with E-state index in [4.69, 9.17) is 10.2 Å². The molecule has 0 saturated carbocycles. The van der Waals surface area contributed by atoms with Crippen LogP contribution >= 0.6 is 0 Å². The van der Waals surface area contributed by atoms with Crippen molar-refractivity contribution in [1.29, 1.82) is 0 Å². The lowest BCUT2D eigenvalue weighted by atomic mass is 10.1. The third kappa shape index (κ3) is 9.25. The van der Waals surface area contributed by atoms with E-state index in [0.717, 1.165) is 30.6 Å². The summed E-state index contributed by atoms with van der Waals surface area (Å²) in [7, 11) is 0. The van der Waals surface area contributed by atoms with Gasteiger partial charge >= 0.3 is 11.7 Å². The zero-order valence-corrected chi connectivity index (χ0v) is 21.5. The summed E-state index contributed by atoms with van der Waals surface area (Å²) < 4.78 is 5.21. The first-order valence-electron chi connectivity index (χ1n) is 12.4. The van der Waals surface area contributed by atoms with Crippen LogP contribution in [0, 0.1) is 6.92 Å². The van der Waals surface area contributed by atoms with E-state index in [2.05, 4.69) is 17.6 Å². The molecule has 0 aliphatic heterocycles. The Morgan fingerprint density at radius 2 is 1.78 bits per heavy atom. The molecule has 11 nitrogen and oxygen atoms in total. The van der Waals surface area contributed by atoms with E-state index in [-0.39, 0.29) is 36.6 Å². The van der Waals surface area contributed by atoms with Crippen LogP contribution in [0.2, 0.25) is 0 Å². The molecule has 0 saturated heterocycles. The fourth-order valence-corrected chi connectivity index (χ4v) is 4.00. The topological polar surface area (TPSA) is 172 Å². The van der Waals surface area contributed by atoms with Crippen molar-refractivity contribution in [2.45, 2.75) is 77.8 Å². The molecule has 0 radical (unpaired) electrons. The highest BCUT2D eigenvalue weighted by Crippen LogP contribution is 2.24. The standard InChI is InChI=1S/C26H36N4O7/c1-4-5-6-7-8-9-23(32)29-20(14-22(27)31)25(34)28-17(3)15-30(26(35)36)18-10-11-19-16(2)12-24(33)37-21(19)13-18/h10-13,17,20H,4-9,14-15H2,1-3H3,(H2,27,31)(H,28,34)(H,29,32)(H,35,36)/t17-,20+/m0/s1. The number of carbonyl (C=O) groups is 4. The molecule has 4 amide bonds. The minimum absolute atomic E-state index is 0.142. The van der Waals surface area contributed by atoms with Crippen LogP contribution in [0.5, 0.6) is 0 Å². The van der Waals surface area contributed by atoms with Gasteiger partial charge < -0.3 is 25.9 Å². The van der Waals surface area contributed by atoms with E-state index in [1.165, 1.54) is 12.1 Å². The van der Waals surface area contributed by atoms with Crippen molar-refractivity contribution >= 4 is 40.5 Å². The Morgan fingerprint density at radius 3 is 2.43 bits per heavy atom. The van der Waals surface area contributed by atoms with Gasteiger partial charge in [-0.25, -0.2) is 9.59 Å². The summed E-state index contributed by atoms with van der Waals surface area (Å²) in [5, 5.41) is 15.7. The molecular formula is C26H36N4O7. The Bertz CT molecular complexity index is 1180. The van der Waals surface area contributed by atoms with Crippen molar-refractivity contribution in [3.05, 3.63) is 40.2 Å². The Balaban J connectivity index is 2.06. The fraction of sp³-hybridized carbons (Fsp3) is 0.500. The average Bonchev–Trinajstić information content (AvgIpc) is 2.81. The maximum atomic E-state index is 12.8. The minimum Gasteiger partial charge on any atom is -0.465 e. The molecule has 0 spiro atoms. The number of rotatable bonds is 14. The Morgan fingerprint density at radius 1 is 1.08 bits per heavy atom. The van der Waals surface area contributed by atoms with Gasteiger partial charge in [0, 0.05) is 36.5 Å². The van der Waals surface area contributed by atoms with Crippen LogP contribution in [0.15, 0.2) is 33.5 Å². The Labute approximate surface area is 215 Å². The van der Waals surface area contributed by atoms with Crippen LogP contribution < -0.4 is 26.9 Å². The Kier molecular flexibility index (Phi) is 11.1. The molecule has 202 valence electrons. The number of benzene rings is 1. The third-order valence-electron chi connectivity index (χ3n) is 5.89. The highest BCUT2D eigenvalue weighted by Gasteiger charge is 2.26. The Hall–Kier alpha value is -3.89. The SMILES string of the molecule is CCCCCCCC(=O)N[C@H](CC(N)=O)C(=O)N[C@@H](C)CN(C(=O)O)c1ccc2c(C)cc(=O)oc2c1. The molecule has 2 aromatic rings. The molecule has 2 rings (SSSR count). The molecule has 1 aromatic carbocycles. The number of hydrogen-bond acceptors (Lipinski definition) is 6. The summed E-state index contributed by atoms with van der Waals surface area (Å²) in [5.74, 6) is -1.75. The first kappa shape index (κ1) is 29.3. The van der Waals surface area contributed by atoms with Crippen LogP contribution in [0.4, 0.5) is 10.5 Å². The summed E-state index contributed by atoms with van der Waals surface area (Å²) in [4.78, 5) is 61.3. The van der Waals surface area contributed by atoms with Gasteiger partial charge in [-0.05, 0) is 38.0 Å². The fourth-order valence-electron chi connectivity index (χ4n) is 4.00. The summed E-state index contributed by atoms with van der Waals surface area (Å²) in [6.45, 7) is 5.30. The summed E-state index contributed by atoms with van der Waals surface area (Å²) in [5.41, 5.74) is 5.91. The predicted molar refractivity (Wildman–Crippen MR) is 139 cm³/mol. The van der Waals surface area contributed by atoms with E-state index in [0.29, 0.717) is 17.4 Å². The van der Waals surface area contributed by atoms with Gasteiger partial charge in [0.15, 0.2) is 0 Å². The predicted octanol–water partition coefficient (Wildman–Crippen LogP) is 2.81. The average molecular weight is 517 g/mol. The molecule has 2 atom stereocenters. The van der Waals surface area contributed by atoms with Gasteiger partial charge in [0.2, 0.25) is 17.7 Å². The number of hydrogen-bond donors (Lipinski definition) is 4. The number of carboxylic acid groups (broad SMARTS) is 1. The second-order valence-electron chi connectivity index (χ2n) is 9.19. The largest absolute Gasteiger partial charge is 0.465 e. The molecule has 0 bridgehead atoms. The van der Waals surface area contributed by atoms with Crippen LogP contribution in [0.25, 0.3) is 11.0 Å². The lowest BCUT2D eigenvalue weighted by Crippen LogP contribution is -2.53. The first-order chi connectivity index (χ1) is 17.5. The molecule has 0 aliphatic rings. The number of carbonyl (C=O) groups excluding carboxylic acids is 3. The van der Waals surface area contributed by atoms with Crippen molar-refractivity contribution in [3.8, 4) is 0 Å². The lowest BCUT2D eigenvalue weighted by molar-refractivity contribution is -0.131. The normalized spacial score (nSPS) is 12.5. The number of nitrogens with zero attached hydrogens (tertiary/aromatic N) is 1. The van der Waals surface area contributed by atoms with Gasteiger partial charge in [-0.1, -0.05) is 32.6 Å². The quantitative estimate of drug-likeness (QED) is 0.221. The number of amides is 4. The number of unbranched alkanes of at least 4 members (excludes halogenated alkanes) is 4. The number of anilines is 1. The second kappa shape index (κ2) is 14.0. The van der Waals surface area contributed by atoms with Crippen LogP contribution in [0.1, 0.15) is 64.4 Å². The highest BCUT2D eigenvalue weighted by molar-refractivity contribution is 5.93. The zero-order chi connectivity index (χ0) is 27.5. The van der Waals surface area contributed by atoms with Crippen LogP contribution in [-0.2, 0) is 14.4 Å². The van der Waals surface area contributed by atoms with E-state index < -0.39 is 35.6 Å². The van der Waals surface area contributed by atoms with Gasteiger partial charge in [-0.15, -0.1) is 0 Å². The van der Waals surface area contributed by atoms with Gasteiger partial charge in [0.1, 0.15) is 11.6 Å². The van der Waals surface area contributed by atoms with Crippen LogP contribution in [-0.4, -0.2) is 47.5 Å². The van der Waals surface area contributed by atoms with Crippen molar-refractivity contribution in [1.82, 2.24) is 10.6 Å². The minimum atomic E-state index is -1.28. The lowest BCUT2D eigenvalue weighted by Gasteiger charge is -2.26. The maximum Gasteiger partial charge on any atom is 0.411 e.